The van der Waals surface area contributed by atoms with Gasteiger partial charge in [-0.05, 0) is 62.7 Å². The number of carbonyl (C=O) groups excluding carboxylic acids is 1. The normalized spacial score (nSPS) is 20.2. The molecule has 5 heteroatoms. The van der Waals surface area contributed by atoms with Crippen LogP contribution in [0.2, 0.25) is 0 Å². The average Bonchev–Trinajstić information content (AvgIpc) is 2.91. The zero-order chi connectivity index (χ0) is 17.8. The third kappa shape index (κ3) is 3.87. The van der Waals surface area contributed by atoms with Gasteiger partial charge in [-0.3, -0.25) is 9.69 Å². The number of thiocarbonyl (C=S) groups is 1. The SMILES string of the molecule is CCN(CC)c1ccc(/C=C2/NC(=S)N(C3CCCCC3)C2=O)cc1. The molecule has 1 N–H and O–H groups in total. The van der Waals surface area contributed by atoms with Crippen molar-refractivity contribution in [1.82, 2.24) is 10.2 Å². The predicted molar refractivity (Wildman–Crippen MR) is 107 cm³/mol. The van der Waals surface area contributed by atoms with E-state index in [0.29, 0.717) is 10.8 Å². The molecule has 134 valence electrons. The van der Waals surface area contributed by atoms with E-state index in [9.17, 15) is 4.79 Å². The van der Waals surface area contributed by atoms with Crippen LogP contribution in [0.25, 0.3) is 6.08 Å². The van der Waals surface area contributed by atoms with Crippen LogP contribution in [0.15, 0.2) is 30.0 Å². The van der Waals surface area contributed by atoms with Crippen molar-refractivity contribution in [2.45, 2.75) is 52.0 Å². The summed E-state index contributed by atoms with van der Waals surface area (Å²) in [5.41, 5.74) is 2.81. The van der Waals surface area contributed by atoms with Gasteiger partial charge in [0.15, 0.2) is 5.11 Å². The van der Waals surface area contributed by atoms with Crippen molar-refractivity contribution in [2.75, 3.05) is 18.0 Å². The number of benzene rings is 1. The minimum absolute atomic E-state index is 0.0183. The van der Waals surface area contributed by atoms with Gasteiger partial charge in [0.05, 0.1) is 0 Å². The Morgan fingerprint density at radius 1 is 1.16 bits per heavy atom. The fraction of sp³-hybridized carbons (Fsp3) is 0.500. The van der Waals surface area contributed by atoms with Gasteiger partial charge in [0.25, 0.3) is 5.91 Å². The van der Waals surface area contributed by atoms with Gasteiger partial charge in [-0.25, -0.2) is 0 Å². The molecule has 1 heterocycles. The fourth-order valence-corrected chi connectivity index (χ4v) is 4.10. The van der Waals surface area contributed by atoms with Gasteiger partial charge in [-0.2, -0.15) is 0 Å². The lowest BCUT2D eigenvalue weighted by molar-refractivity contribution is -0.124. The lowest BCUT2D eigenvalue weighted by Gasteiger charge is -2.29. The molecule has 1 amide bonds. The highest BCUT2D eigenvalue weighted by atomic mass is 32.1. The Labute approximate surface area is 155 Å². The molecule has 1 saturated carbocycles. The minimum atomic E-state index is 0.0183. The van der Waals surface area contributed by atoms with Crippen LogP contribution in [0.5, 0.6) is 0 Å². The van der Waals surface area contributed by atoms with E-state index in [1.165, 1.54) is 24.9 Å². The summed E-state index contributed by atoms with van der Waals surface area (Å²) in [7, 11) is 0. The van der Waals surface area contributed by atoms with E-state index in [0.717, 1.165) is 31.5 Å². The molecule has 1 aliphatic carbocycles. The van der Waals surface area contributed by atoms with Gasteiger partial charge in [0.1, 0.15) is 5.70 Å². The summed E-state index contributed by atoms with van der Waals surface area (Å²) in [6, 6.07) is 8.59. The molecule has 1 aromatic carbocycles. The molecule has 2 aliphatic rings. The zero-order valence-electron chi connectivity index (χ0n) is 15.1. The number of amides is 1. The van der Waals surface area contributed by atoms with E-state index in [1.807, 2.05) is 6.08 Å². The smallest absolute Gasteiger partial charge is 0.276 e. The average molecular weight is 358 g/mol. The number of rotatable bonds is 5. The van der Waals surface area contributed by atoms with Crippen molar-refractivity contribution in [1.29, 1.82) is 0 Å². The third-order valence-corrected chi connectivity index (χ3v) is 5.48. The first kappa shape index (κ1) is 17.9. The Morgan fingerprint density at radius 2 is 1.80 bits per heavy atom. The van der Waals surface area contributed by atoms with E-state index in [1.54, 1.807) is 4.90 Å². The minimum Gasteiger partial charge on any atom is -0.372 e. The molecular formula is C20H27N3OS. The second-order valence-corrected chi connectivity index (χ2v) is 7.11. The van der Waals surface area contributed by atoms with E-state index in [4.69, 9.17) is 12.2 Å². The Hall–Kier alpha value is -1.88. The van der Waals surface area contributed by atoms with Crippen LogP contribution in [0.4, 0.5) is 5.69 Å². The molecule has 25 heavy (non-hydrogen) atoms. The zero-order valence-corrected chi connectivity index (χ0v) is 15.9. The number of carbonyl (C=O) groups is 1. The maximum Gasteiger partial charge on any atom is 0.276 e. The molecule has 0 bridgehead atoms. The Morgan fingerprint density at radius 3 is 2.40 bits per heavy atom. The first-order valence-electron chi connectivity index (χ1n) is 9.35. The van der Waals surface area contributed by atoms with Gasteiger partial charge in [0.2, 0.25) is 0 Å². The monoisotopic (exact) mass is 357 g/mol. The lowest BCUT2D eigenvalue weighted by atomic mass is 9.94. The maximum atomic E-state index is 12.8. The van der Waals surface area contributed by atoms with Crippen LogP contribution in [0.3, 0.4) is 0 Å². The molecule has 1 aromatic rings. The summed E-state index contributed by atoms with van der Waals surface area (Å²) in [5.74, 6) is 0.0183. The van der Waals surface area contributed by atoms with Gasteiger partial charge < -0.3 is 10.2 Å². The van der Waals surface area contributed by atoms with Crippen LogP contribution in [0.1, 0.15) is 51.5 Å². The van der Waals surface area contributed by atoms with Crippen LogP contribution in [0, 0.1) is 0 Å². The molecule has 2 fully saturated rings. The Kier molecular flexibility index (Phi) is 5.74. The summed E-state index contributed by atoms with van der Waals surface area (Å²) >= 11 is 5.42. The van der Waals surface area contributed by atoms with Crippen LogP contribution >= 0.6 is 12.2 Å². The van der Waals surface area contributed by atoms with Crippen molar-refractivity contribution in [3.05, 3.63) is 35.5 Å². The Bertz CT molecular complexity index is 658. The quantitative estimate of drug-likeness (QED) is 0.640. The molecule has 0 aromatic heterocycles. The topological polar surface area (TPSA) is 35.6 Å². The van der Waals surface area contributed by atoms with Crippen molar-refractivity contribution in [3.8, 4) is 0 Å². The number of hydrogen-bond acceptors (Lipinski definition) is 3. The van der Waals surface area contributed by atoms with Crippen molar-refractivity contribution in [2.24, 2.45) is 0 Å². The summed E-state index contributed by atoms with van der Waals surface area (Å²) in [6.45, 7) is 6.28. The second-order valence-electron chi connectivity index (χ2n) is 6.72. The van der Waals surface area contributed by atoms with E-state index < -0.39 is 0 Å². The second kappa shape index (κ2) is 8.00. The summed E-state index contributed by atoms with van der Waals surface area (Å²) in [6.07, 6.45) is 7.65. The summed E-state index contributed by atoms with van der Waals surface area (Å²) < 4.78 is 0. The predicted octanol–water partition coefficient (Wildman–Crippen LogP) is 3.92. The first-order chi connectivity index (χ1) is 12.1. The molecule has 0 atom stereocenters. The number of nitrogens with zero attached hydrogens (tertiary/aromatic N) is 2. The van der Waals surface area contributed by atoms with Crippen LogP contribution in [-0.4, -0.2) is 35.1 Å². The van der Waals surface area contributed by atoms with Crippen molar-refractivity contribution < 1.29 is 4.79 Å². The molecule has 0 unspecified atom stereocenters. The van der Waals surface area contributed by atoms with E-state index >= 15 is 0 Å². The number of nitrogens with one attached hydrogen (secondary N) is 1. The number of hydrogen-bond donors (Lipinski definition) is 1. The van der Waals surface area contributed by atoms with Crippen LogP contribution in [-0.2, 0) is 4.79 Å². The Balaban J connectivity index is 1.75. The highest BCUT2D eigenvalue weighted by Crippen LogP contribution is 2.27. The standard InChI is InChI=1S/C20H27N3OS/c1-3-22(4-2)16-12-10-15(11-13-16)14-18-19(24)23(20(25)21-18)17-8-6-5-7-9-17/h10-14,17H,3-9H2,1-2H3,(H,21,25)/b18-14+. The molecule has 1 saturated heterocycles. The molecule has 1 aliphatic heterocycles. The van der Waals surface area contributed by atoms with Gasteiger partial charge >= 0.3 is 0 Å². The van der Waals surface area contributed by atoms with Gasteiger partial charge in [-0.15, -0.1) is 0 Å². The largest absolute Gasteiger partial charge is 0.372 e. The highest BCUT2D eigenvalue weighted by molar-refractivity contribution is 7.80. The summed E-state index contributed by atoms with van der Waals surface area (Å²) in [5, 5.41) is 3.68. The molecular weight excluding hydrogens is 330 g/mol. The van der Waals surface area contributed by atoms with Gasteiger partial charge in [-0.1, -0.05) is 31.4 Å². The fourth-order valence-electron chi connectivity index (χ4n) is 3.76. The van der Waals surface area contributed by atoms with E-state index in [-0.39, 0.29) is 11.9 Å². The van der Waals surface area contributed by atoms with Crippen molar-refractivity contribution in [3.63, 3.8) is 0 Å². The maximum absolute atomic E-state index is 12.8. The first-order valence-corrected chi connectivity index (χ1v) is 9.76. The molecule has 3 rings (SSSR count). The van der Waals surface area contributed by atoms with Crippen LogP contribution < -0.4 is 10.2 Å². The van der Waals surface area contributed by atoms with E-state index in [2.05, 4.69) is 48.3 Å². The lowest BCUT2D eigenvalue weighted by Crippen LogP contribution is -2.41. The molecule has 4 nitrogen and oxygen atoms in total. The molecule has 0 radical (unpaired) electrons. The van der Waals surface area contributed by atoms with Crippen molar-refractivity contribution >= 4 is 35.0 Å². The highest BCUT2D eigenvalue weighted by Gasteiger charge is 2.36. The molecule has 0 spiro atoms. The summed E-state index contributed by atoms with van der Waals surface area (Å²) in [4.78, 5) is 16.9. The third-order valence-electron chi connectivity index (χ3n) is 5.18. The number of anilines is 1. The van der Waals surface area contributed by atoms with Gasteiger partial charge in [0, 0.05) is 24.8 Å².